The molecule has 0 aromatic heterocycles. The lowest BCUT2D eigenvalue weighted by Gasteiger charge is -2.26. The van der Waals surface area contributed by atoms with Crippen LogP contribution in [0.3, 0.4) is 0 Å². The predicted molar refractivity (Wildman–Crippen MR) is 123 cm³/mol. The summed E-state index contributed by atoms with van der Waals surface area (Å²) in [4.78, 5) is 34.8. The number of para-hydroxylation sites is 2. The van der Waals surface area contributed by atoms with Crippen molar-refractivity contribution in [2.75, 3.05) is 19.0 Å². The molecule has 0 spiro atoms. The van der Waals surface area contributed by atoms with Crippen LogP contribution < -0.4 is 10.2 Å². The average molecular weight is 419 g/mol. The number of anilines is 2. The lowest BCUT2D eigenvalue weighted by molar-refractivity contribution is -0.127. The highest BCUT2D eigenvalue weighted by Crippen LogP contribution is 2.33. The zero-order valence-electron chi connectivity index (χ0n) is 18.3. The molecule has 0 radical (unpaired) electrons. The van der Waals surface area contributed by atoms with Crippen LogP contribution in [0.15, 0.2) is 59.6 Å². The molecule has 1 N–H and O–H groups in total. The molecule has 1 aliphatic heterocycles. The number of carbonyl (C=O) groups excluding carboxylic acids is 2. The van der Waals surface area contributed by atoms with Gasteiger partial charge in [0.05, 0.1) is 5.69 Å². The Balaban J connectivity index is 1.69. The molecule has 1 fully saturated rings. The molecule has 1 aliphatic carbocycles. The molecule has 31 heavy (non-hydrogen) atoms. The molecule has 2 aliphatic rings. The van der Waals surface area contributed by atoms with Crippen molar-refractivity contribution in [3.05, 3.63) is 60.2 Å². The molecule has 2 aromatic rings. The molecule has 1 unspecified atom stereocenters. The number of hydrogen-bond donors (Lipinski definition) is 1. The fourth-order valence-electron chi connectivity index (χ4n) is 4.50. The van der Waals surface area contributed by atoms with E-state index in [4.69, 9.17) is 4.99 Å². The minimum atomic E-state index is -0.971. The normalized spacial score (nSPS) is 19.3. The number of amides is 2. The summed E-state index contributed by atoms with van der Waals surface area (Å²) in [7, 11) is 3.80. The van der Waals surface area contributed by atoms with Crippen molar-refractivity contribution in [3.63, 3.8) is 0 Å². The van der Waals surface area contributed by atoms with Gasteiger partial charge in [0.15, 0.2) is 0 Å². The number of amidine groups is 1. The maximum Gasteiger partial charge on any atom is 0.276 e. The molecule has 2 amide bonds. The lowest BCUT2D eigenvalue weighted by atomic mass is 9.87. The van der Waals surface area contributed by atoms with E-state index in [0.29, 0.717) is 18.2 Å². The number of benzene rings is 2. The number of nitrogens with one attached hydrogen (secondary N) is 1. The molecule has 6 heteroatoms. The maximum absolute atomic E-state index is 13.7. The van der Waals surface area contributed by atoms with E-state index in [2.05, 4.69) is 5.32 Å². The van der Waals surface area contributed by atoms with E-state index in [1.165, 1.54) is 19.3 Å². The monoisotopic (exact) mass is 418 g/mol. The largest absolute Gasteiger partial charge is 0.362 e. The van der Waals surface area contributed by atoms with Gasteiger partial charge >= 0.3 is 0 Å². The number of fused-ring (bicyclic) bond motifs is 1. The smallest absolute Gasteiger partial charge is 0.276 e. The van der Waals surface area contributed by atoms with Crippen LogP contribution in [-0.2, 0) is 9.59 Å². The first-order valence-corrected chi connectivity index (χ1v) is 11.1. The molecule has 0 bridgehead atoms. The van der Waals surface area contributed by atoms with E-state index in [1.807, 2.05) is 73.6 Å². The van der Waals surface area contributed by atoms with Crippen molar-refractivity contribution in [3.8, 4) is 0 Å². The number of nitrogens with zero attached hydrogens (tertiary/aromatic N) is 3. The second kappa shape index (κ2) is 9.33. The minimum Gasteiger partial charge on any atom is -0.362 e. The van der Waals surface area contributed by atoms with E-state index >= 15 is 0 Å². The molecule has 2 aromatic carbocycles. The molecular weight excluding hydrogens is 388 g/mol. The highest BCUT2D eigenvalue weighted by molar-refractivity contribution is 6.15. The third-order valence-electron chi connectivity index (χ3n) is 6.03. The zero-order chi connectivity index (χ0) is 21.8. The van der Waals surface area contributed by atoms with E-state index in [0.717, 1.165) is 29.8 Å². The Morgan fingerprint density at radius 1 is 1.03 bits per heavy atom. The maximum atomic E-state index is 13.7. The summed E-state index contributed by atoms with van der Waals surface area (Å²) in [6.45, 7) is 0. The number of rotatable bonds is 4. The second-order valence-electron chi connectivity index (χ2n) is 8.55. The van der Waals surface area contributed by atoms with Crippen LogP contribution in [-0.4, -0.2) is 42.8 Å². The molecular formula is C25H30N4O2. The van der Waals surface area contributed by atoms with E-state index in [9.17, 15) is 9.59 Å². The van der Waals surface area contributed by atoms with Gasteiger partial charge in [0.2, 0.25) is 12.1 Å². The van der Waals surface area contributed by atoms with Crippen LogP contribution in [0.25, 0.3) is 0 Å². The first-order chi connectivity index (χ1) is 15.0. The summed E-state index contributed by atoms with van der Waals surface area (Å²) < 4.78 is 0. The quantitative estimate of drug-likeness (QED) is 0.814. The minimum absolute atomic E-state index is 0.105. The first-order valence-electron chi connectivity index (χ1n) is 11.1. The van der Waals surface area contributed by atoms with Crippen molar-refractivity contribution in [2.45, 2.75) is 44.7 Å². The SMILES string of the molecule is CN(C)C1=NC(NC(=O)CC2CCCCC2)C(=O)N(c2ccccc2)c2ccccc21. The van der Waals surface area contributed by atoms with Crippen molar-refractivity contribution in [1.82, 2.24) is 10.2 Å². The Labute approximate surface area is 184 Å². The van der Waals surface area contributed by atoms with Crippen molar-refractivity contribution in [1.29, 1.82) is 0 Å². The molecule has 4 rings (SSSR count). The van der Waals surface area contributed by atoms with Crippen LogP contribution >= 0.6 is 0 Å². The van der Waals surface area contributed by atoms with Gasteiger partial charge in [0.1, 0.15) is 5.84 Å². The molecule has 1 heterocycles. The Kier molecular flexibility index (Phi) is 6.35. The van der Waals surface area contributed by atoms with Gasteiger partial charge in [-0.2, -0.15) is 0 Å². The average Bonchev–Trinajstić information content (AvgIpc) is 2.90. The van der Waals surface area contributed by atoms with E-state index in [-0.39, 0.29) is 11.8 Å². The van der Waals surface area contributed by atoms with Crippen LogP contribution in [0.4, 0.5) is 11.4 Å². The zero-order valence-corrected chi connectivity index (χ0v) is 18.3. The van der Waals surface area contributed by atoms with Gasteiger partial charge < -0.3 is 10.2 Å². The van der Waals surface area contributed by atoms with Gasteiger partial charge in [-0.25, -0.2) is 4.99 Å². The van der Waals surface area contributed by atoms with Crippen molar-refractivity contribution >= 4 is 29.0 Å². The molecule has 6 nitrogen and oxygen atoms in total. The first kappa shape index (κ1) is 21.1. The summed E-state index contributed by atoms with van der Waals surface area (Å²) in [5, 5.41) is 2.93. The summed E-state index contributed by atoms with van der Waals surface area (Å²) in [6.07, 6.45) is 5.26. The third kappa shape index (κ3) is 4.63. The number of carbonyl (C=O) groups is 2. The third-order valence-corrected chi connectivity index (χ3v) is 6.03. The van der Waals surface area contributed by atoms with Crippen molar-refractivity contribution in [2.24, 2.45) is 10.9 Å². The Hall–Kier alpha value is -3.15. The van der Waals surface area contributed by atoms with Crippen LogP contribution in [0.5, 0.6) is 0 Å². The summed E-state index contributed by atoms with van der Waals surface area (Å²) >= 11 is 0. The van der Waals surface area contributed by atoms with Gasteiger partial charge in [-0.3, -0.25) is 14.5 Å². The molecule has 0 saturated heterocycles. The Bertz CT molecular complexity index is 964. The summed E-state index contributed by atoms with van der Waals surface area (Å²) in [5.74, 6) is 0.707. The summed E-state index contributed by atoms with van der Waals surface area (Å²) in [5.41, 5.74) is 2.37. The van der Waals surface area contributed by atoms with Crippen molar-refractivity contribution < 1.29 is 9.59 Å². The fourth-order valence-corrected chi connectivity index (χ4v) is 4.50. The Morgan fingerprint density at radius 3 is 2.42 bits per heavy atom. The number of benzodiazepines with no additional fused rings is 1. The van der Waals surface area contributed by atoms with Crippen LogP contribution in [0.1, 0.15) is 44.1 Å². The van der Waals surface area contributed by atoms with Gasteiger partial charge in [0.25, 0.3) is 5.91 Å². The summed E-state index contributed by atoms with van der Waals surface area (Å²) in [6, 6.07) is 17.3. The molecule has 1 saturated carbocycles. The number of hydrogen-bond acceptors (Lipinski definition) is 4. The van der Waals surface area contributed by atoms with Gasteiger partial charge in [-0.15, -0.1) is 0 Å². The highest BCUT2D eigenvalue weighted by atomic mass is 16.2. The molecule has 162 valence electrons. The predicted octanol–water partition coefficient (Wildman–Crippen LogP) is 4.09. The van der Waals surface area contributed by atoms with Crippen LogP contribution in [0, 0.1) is 5.92 Å². The van der Waals surface area contributed by atoms with Gasteiger partial charge in [0, 0.05) is 31.8 Å². The standard InChI is InChI=1S/C25H30N4O2/c1-28(2)24-20-15-9-10-16-21(20)29(19-13-7-4-8-14-19)25(31)23(27-24)26-22(30)17-18-11-5-3-6-12-18/h4,7-10,13-16,18,23H,3,5-6,11-12,17H2,1-2H3,(H,26,30). The topological polar surface area (TPSA) is 65.0 Å². The van der Waals surface area contributed by atoms with E-state index < -0.39 is 6.17 Å². The Morgan fingerprint density at radius 2 is 1.71 bits per heavy atom. The number of aliphatic imine (C=N–C) groups is 1. The fraction of sp³-hybridized carbons (Fsp3) is 0.400. The van der Waals surface area contributed by atoms with E-state index in [1.54, 1.807) is 4.90 Å². The highest BCUT2D eigenvalue weighted by Gasteiger charge is 2.34. The van der Waals surface area contributed by atoms with Gasteiger partial charge in [-0.05, 0) is 43.0 Å². The van der Waals surface area contributed by atoms with Crippen LogP contribution in [0.2, 0.25) is 0 Å². The molecule has 1 atom stereocenters. The lowest BCUT2D eigenvalue weighted by Crippen LogP contribution is -2.46. The second-order valence-corrected chi connectivity index (χ2v) is 8.55. The van der Waals surface area contributed by atoms with Gasteiger partial charge in [-0.1, -0.05) is 49.6 Å².